The number of hydrogen-bond acceptors (Lipinski definition) is 0. The van der Waals surface area contributed by atoms with Crippen LogP contribution in [0.4, 0.5) is 0 Å². The predicted molar refractivity (Wildman–Crippen MR) is 88.4 cm³/mol. The Bertz CT molecular complexity index is 470. The smallest absolute Gasteiger partial charge is 0.0438 e. The molecule has 0 radical (unpaired) electrons. The second-order valence-corrected chi connectivity index (χ2v) is 8.90. The summed E-state index contributed by atoms with van der Waals surface area (Å²) in [6, 6.07) is 8.34. The number of benzene rings is 1. The molecule has 2 heteroatoms. The SMILES string of the molecule is Clc1ccccc1CC(Br)C1C2CC3CC(C2)CC1C3. The maximum absolute atomic E-state index is 6.34. The molecule has 0 spiro atoms. The van der Waals surface area contributed by atoms with E-state index in [9.17, 15) is 0 Å². The highest BCUT2D eigenvalue weighted by Gasteiger charge is 2.49. The third-order valence-electron chi connectivity index (χ3n) is 6.09. The van der Waals surface area contributed by atoms with Crippen LogP contribution in [0.3, 0.4) is 0 Å². The zero-order valence-electron chi connectivity index (χ0n) is 11.8. The van der Waals surface area contributed by atoms with Gasteiger partial charge in [0.2, 0.25) is 0 Å². The lowest BCUT2D eigenvalue weighted by atomic mass is 9.51. The quantitative estimate of drug-likeness (QED) is 0.610. The molecule has 4 aliphatic rings. The van der Waals surface area contributed by atoms with Crippen LogP contribution in [0, 0.1) is 29.6 Å². The Kier molecular flexibility index (Phi) is 3.63. The molecule has 0 amide bonds. The fraction of sp³-hybridized carbons (Fsp3) is 0.667. The maximum Gasteiger partial charge on any atom is 0.0438 e. The summed E-state index contributed by atoms with van der Waals surface area (Å²) in [7, 11) is 0. The molecule has 0 N–H and O–H groups in total. The fourth-order valence-corrected chi connectivity index (χ4v) is 6.99. The van der Waals surface area contributed by atoms with Crippen molar-refractivity contribution in [2.24, 2.45) is 29.6 Å². The van der Waals surface area contributed by atoms with Crippen LogP contribution in [0.1, 0.15) is 37.7 Å². The van der Waals surface area contributed by atoms with Crippen LogP contribution in [-0.4, -0.2) is 4.83 Å². The van der Waals surface area contributed by atoms with Crippen LogP contribution in [-0.2, 0) is 6.42 Å². The van der Waals surface area contributed by atoms with Crippen LogP contribution in [0.5, 0.6) is 0 Å². The number of rotatable bonds is 3. The van der Waals surface area contributed by atoms with Crippen molar-refractivity contribution in [3.8, 4) is 0 Å². The Hall–Kier alpha value is -0.0100. The highest BCUT2D eigenvalue weighted by molar-refractivity contribution is 9.09. The molecule has 0 saturated heterocycles. The van der Waals surface area contributed by atoms with Crippen LogP contribution in [0.15, 0.2) is 24.3 Å². The summed E-state index contributed by atoms with van der Waals surface area (Å²) in [4.78, 5) is 0.609. The largest absolute Gasteiger partial charge is 0.0884 e. The second kappa shape index (κ2) is 5.32. The zero-order chi connectivity index (χ0) is 13.7. The molecule has 0 aromatic heterocycles. The van der Waals surface area contributed by atoms with Crippen LogP contribution >= 0.6 is 27.5 Å². The van der Waals surface area contributed by atoms with Crippen molar-refractivity contribution in [2.75, 3.05) is 0 Å². The first-order valence-electron chi connectivity index (χ1n) is 8.08. The first kappa shape index (κ1) is 13.6. The van der Waals surface area contributed by atoms with E-state index in [1.165, 1.54) is 37.7 Å². The van der Waals surface area contributed by atoms with Crippen molar-refractivity contribution in [3.63, 3.8) is 0 Å². The van der Waals surface area contributed by atoms with Gasteiger partial charge in [-0.1, -0.05) is 45.7 Å². The molecule has 1 aromatic carbocycles. The van der Waals surface area contributed by atoms with E-state index in [0.29, 0.717) is 4.83 Å². The van der Waals surface area contributed by atoms with E-state index in [2.05, 4.69) is 28.1 Å². The molecular formula is C18H22BrCl. The van der Waals surface area contributed by atoms with Crippen LogP contribution in [0.2, 0.25) is 5.02 Å². The van der Waals surface area contributed by atoms with Crippen molar-refractivity contribution in [3.05, 3.63) is 34.9 Å². The third-order valence-corrected chi connectivity index (χ3v) is 7.39. The molecule has 1 atom stereocenters. The van der Waals surface area contributed by atoms with E-state index in [1.807, 2.05) is 12.1 Å². The average molecular weight is 354 g/mol. The van der Waals surface area contributed by atoms with Gasteiger partial charge in [-0.2, -0.15) is 0 Å². The van der Waals surface area contributed by atoms with E-state index < -0.39 is 0 Å². The average Bonchev–Trinajstić information content (AvgIpc) is 2.40. The first-order valence-corrected chi connectivity index (χ1v) is 9.37. The van der Waals surface area contributed by atoms with Crippen molar-refractivity contribution in [1.82, 2.24) is 0 Å². The molecule has 5 rings (SSSR count). The third kappa shape index (κ3) is 2.35. The number of hydrogen-bond donors (Lipinski definition) is 0. The van der Waals surface area contributed by atoms with Crippen molar-refractivity contribution in [2.45, 2.75) is 43.4 Å². The second-order valence-electron chi connectivity index (χ2n) is 7.32. The van der Waals surface area contributed by atoms with Gasteiger partial charge in [0.25, 0.3) is 0 Å². The summed E-state index contributed by atoms with van der Waals surface area (Å²) in [5.41, 5.74) is 1.31. The molecule has 1 aromatic rings. The molecule has 4 fully saturated rings. The molecule has 4 bridgehead atoms. The Balaban J connectivity index is 1.51. The summed E-state index contributed by atoms with van der Waals surface area (Å²) in [6.07, 6.45) is 8.64. The summed E-state index contributed by atoms with van der Waals surface area (Å²) in [6.45, 7) is 0. The van der Waals surface area contributed by atoms with Crippen molar-refractivity contribution < 1.29 is 0 Å². The summed E-state index contributed by atoms with van der Waals surface area (Å²) < 4.78 is 0. The minimum Gasteiger partial charge on any atom is -0.0884 e. The van der Waals surface area contributed by atoms with Crippen molar-refractivity contribution >= 4 is 27.5 Å². The molecule has 4 saturated carbocycles. The maximum atomic E-state index is 6.34. The van der Waals surface area contributed by atoms with E-state index in [4.69, 9.17) is 11.6 Å². The molecule has 0 nitrogen and oxygen atoms in total. The summed E-state index contributed by atoms with van der Waals surface area (Å²) >= 11 is 10.4. The van der Waals surface area contributed by atoms with Crippen molar-refractivity contribution in [1.29, 1.82) is 0 Å². The molecule has 0 aliphatic heterocycles. The van der Waals surface area contributed by atoms with Crippen LogP contribution < -0.4 is 0 Å². The summed E-state index contributed by atoms with van der Waals surface area (Å²) in [5, 5.41) is 0.931. The van der Waals surface area contributed by atoms with Gasteiger partial charge in [0.05, 0.1) is 0 Å². The van der Waals surface area contributed by atoms with Gasteiger partial charge in [-0.05, 0) is 79.7 Å². The fourth-order valence-electron chi connectivity index (χ4n) is 5.57. The molecule has 108 valence electrons. The van der Waals surface area contributed by atoms with E-state index >= 15 is 0 Å². The predicted octanol–water partition coefficient (Wildman–Crippen LogP) is 5.72. The minimum absolute atomic E-state index is 0.609. The van der Waals surface area contributed by atoms with Gasteiger partial charge in [0.1, 0.15) is 0 Å². The highest BCUT2D eigenvalue weighted by Crippen LogP contribution is 2.58. The lowest BCUT2D eigenvalue weighted by Crippen LogP contribution is -2.48. The topological polar surface area (TPSA) is 0 Å². The van der Waals surface area contributed by atoms with E-state index in [-0.39, 0.29) is 0 Å². The Morgan fingerprint density at radius 1 is 1.00 bits per heavy atom. The van der Waals surface area contributed by atoms with Gasteiger partial charge in [-0.15, -0.1) is 0 Å². The number of halogens is 2. The monoisotopic (exact) mass is 352 g/mol. The summed E-state index contributed by atoms with van der Waals surface area (Å²) in [5.74, 6) is 4.98. The molecule has 0 heterocycles. The van der Waals surface area contributed by atoms with Gasteiger partial charge >= 0.3 is 0 Å². The normalized spacial score (nSPS) is 40.0. The Labute approximate surface area is 135 Å². The minimum atomic E-state index is 0.609. The highest BCUT2D eigenvalue weighted by atomic mass is 79.9. The first-order chi connectivity index (χ1) is 9.70. The van der Waals surface area contributed by atoms with Gasteiger partial charge in [0, 0.05) is 9.85 Å². The molecule has 1 unspecified atom stereocenters. The molecular weight excluding hydrogens is 332 g/mol. The van der Waals surface area contributed by atoms with E-state index in [0.717, 1.165) is 41.0 Å². The van der Waals surface area contributed by atoms with Gasteiger partial charge < -0.3 is 0 Å². The van der Waals surface area contributed by atoms with Crippen LogP contribution in [0.25, 0.3) is 0 Å². The molecule has 4 aliphatic carbocycles. The van der Waals surface area contributed by atoms with E-state index in [1.54, 1.807) is 0 Å². The molecule has 20 heavy (non-hydrogen) atoms. The lowest BCUT2D eigenvalue weighted by molar-refractivity contribution is -0.0360. The van der Waals surface area contributed by atoms with Gasteiger partial charge in [-0.3, -0.25) is 0 Å². The van der Waals surface area contributed by atoms with Gasteiger partial charge in [-0.25, -0.2) is 0 Å². The standard InChI is InChI=1S/C18H22BrCl/c19-16(10-13-3-1-2-4-17(13)20)18-14-6-11-5-12(8-14)9-15(18)7-11/h1-4,11-12,14-16,18H,5-10H2. The van der Waals surface area contributed by atoms with Gasteiger partial charge in [0.15, 0.2) is 0 Å². The number of alkyl halides is 1. The zero-order valence-corrected chi connectivity index (χ0v) is 14.1. The lowest BCUT2D eigenvalue weighted by Gasteiger charge is -2.55. The Morgan fingerprint density at radius 2 is 1.60 bits per heavy atom. The Morgan fingerprint density at radius 3 is 2.20 bits per heavy atom.